The average molecular weight is 346 g/mol. The van der Waals surface area contributed by atoms with Gasteiger partial charge in [0, 0.05) is 12.6 Å². The van der Waals surface area contributed by atoms with Crippen LogP contribution in [0.5, 0.6) is 5.75 Å². The number of benzene rings is 1. The number of rotatable bonds is 7. The molecule has 1 aromatic heterocycles. The van der Waals surface area contributed by atoms with Crippen LogP contribution in [0.2, 0.25) is 0 Å². The van der Waals surface area contributed by atoms with Gasteiger partial charge >= 0.3 is 0 Å². The van der Waals surface area contributed by atoms with Gasteiger partial charge in [-0.05, 0) is 50.2 Å². The topological polar surface area (TPSA) is 54.7 Å². The number of amides is 1. The van der Waals surface area contributed by atoms with Gasteiger partial charge < -0.3 is 14.5 Å². The Labute approximate surface area is 146 Å². The molecule has 0 bridgehead atoms. The monoisotopic (exact) mass is 346 g/mol. The van der Waals surface area contributed by atoms with E-state index < -0.39 is 0 Å². The largest absolute Gasteiger partial charge is 0.484 e. The highest BCUT2D eigenvalue weighted by atomic mass is 19.1. The predicted molar refractivity (Wildman–Crippen MR) is 91.8 cm³/mol. The van der Waals surface area contributed by atoms with Gasteiger partial charge in [-0.1, -0.05) is 12.5 Å². The molecule has 1 amide bonds. The summed E-state index contributed by atoms with van der Waals surface area (Å²) in [5.74, 6) is 0.570. The maximum atomic E-state index is 13.1. The van der Waals surface area contributed by atoms with Gasteiger partial charge in [-0.15, -0.1) is 0 Å². The minimum absolute atomic E-state index is 0.0217. The number of carbonyl (C=O) groups is 1. The van der Waals surface area contributed by atoms with Gasteiger partial charge in [0.05, 0.1) is 12.3 Å². The third-order valence-corrected chi connectivity index (χ3v) is 4.36. The molecular weight excluding hydrogens is 323 g/mol. The molecule has 3 rings (SSSR count). The first-order valence-electron chi connectivity index (χ1n) is 8.65. The highest BCUT2D eigenvalue weighted by molar-refractivity contribution is 5.77. The molecular formula is C19H23FN2O3. The fourth-order valence-corrected chi connectivity index (χ4v) is 3.09. The molecule has 0 spiro atoms. The molecule has 1 fully saturated rings. The SMILES string of the molecule is O=C(COc1cccc(F)c1)NCC(c1ccco1)N1CCCCC1. The van der Waals surface area contributed by atoms with Crippen LogP contribution >= 0.6 is 0 Å². The fraction of sp³-hybridized carbons (Fsp3) is 0.421. The summed E-state index contributed by atoms with van der Waals surface area (Å²) in [5, 5.41) is 2.89. The first-order valence-corrected chi connectivity index (χ1v) is 8.65. The molecule has 2 heterocycles. The van der Waals surface area contributed by atoms with Crippen molar-refractivity contribution in [2.45, 2.75) is 25.3 Å². The maximum absolute atomic E-state index is 13.1. The molecule has 25 heavy (non-hydrogen) atoms. The van der Waals surface area contributed by atoms with E-state index in [1.165, 1.54) is 18.6 Å². The molecule has 0 aliphatic carbocycles. The lowest BCUT2D eigenvalue weighted by Gasteiger charge is -2.33. The summed E-state index contributed by atoms with van der Waals surface area (Å²) < 4.78 is 24.0. The molecule has 1 unspecified atom stereocenters. The molecule has 1 atom stereocenters. The van der Waals surface area contributed by atoms with Crippen molar-refractivity contribution in [2.24, 2.45) is 0 Å². The lowest BCUT2D eigenvalue weighted by molar-refractivity contribution is -0.123. The Morgan fingerprint density at radius 3 is 2.80 bits per heavy atom. The molecule has 1 aromatic carbocycles. The van der Waals surface area contributed by atoms with Crippen molar-refractivity contribution >= 4 is 5.91 Å². The highest BCUT2D eigenvalue weighted by Crippen LogP contribution is 2.24. The van der Waals surface area contributed by atoms with E-state index in [1.807, 2.05) is 12.1 Å². The van der Waals surface area contributed by atoms with Crippen LogP contribution in [-0.2, 0) is 4.79 Å². The van der Waals surface area contributed by atoms with Gasteiger partial charge in [0.25, 0.3) is 5.91 Å². The van der Waals surface area contributed by atoms with E-state index in [1.54, 1.807) is 18.4 Å². The Kier molecular flexibility index (Phi) is 6.06. The second-order valence-corrected chi connectivity index (χ2v) is 6.18. The Balaban J connectivity index is 1.52. The maximum Gasteiger partial charge on any atom is 0.258 e. The fourth-order valence-electron chi connectivity index (χ4n) is 3.09. The lowest BCUT2D eigenvalue weighted by atomic mass is 10.1. The van der Waals surface area contributed by atoms with Crippen LogP contribution in [0.25, 0.3) is 0 Å². The van der Waals surface area contributed by atoms with Gasteiger partial charge in [-0.3, -0.25) is 9.69 Å². The number of ether oxygens (including phenoxy) is 1. The molecule has 2 aromatic rings. The van der Waals surface area contributed by atoms with E-state index in [0.29, 0.717) is 12.3 Å². The van der Waals surface area contributed by atoms with Gasteiger partial charge in [0.1, 0.15) is 17.3 Å². The van der Waals surface area contributed by atoms with Crippen LogP contribution in [0.1, 0.15) is 31.1 Å². The Morgan fingerprint density at radius 1 is 1.24 bits per heavy atom. The highest BCUT2D eigenvalue weighted by Gasteiger charge is 2.24. The zero-order valence-electron chi connectivity index (χ0n) is 14.1. The lowest BCUT2D eigenvalue weighted by Crippen LogP contribution is -2.41. The van der Waals surface area contributed by atoms with Crippen molar-refractivity contribution in [1.29, 1.82) is 0 Å². The van der Waals surface area contributed by atoms with E-state index in [4.69, 9.17) is 9.15 Å². The summed E-state index contributed by atoms with van der Waals surface area (Å²) >= 11 is 0. The third-order valence-electron chi connectivity index (χ3n) is 4.36. The second kappa shape index (κ2) is 8.67. The summed E-state index contributed by atoms with van der Waals surface area (Å²) in [6.45, 7) is 2.31. The van der Waals surface area contributed by atoms with E-state index in [2.05, 4.69) is 10.2 Å². The molecule has 6 heteroatoms. The van der Waals surface area contributed by atoms with Gasteiger partial charge in [-0.25, -0.2) is 4.39 Å². The van der Waals surface area contributed by atoms with E-state index in [0.717, 1.165) is 31.7 Å². The second-order valence-electron chi connectivity index (χ2n) is 6.18. The summed E-state index contributed by atoms with van der Waals surface area (Å²) in [7, 11) is 0. The van der Waals surface area contributed by atoms with Gasteiger partial charge in [0.15, 0.2) is 6.61 Å². The summed E-state index contributed by atoms with van der Waals surface area (Å²) in [4.78, 5) is 14.4. The molecule has 1 aliphatic heterocycles. The van der Waals surface area contributed by atoms with E-state index >= 15 is 0 Å². The Bertz CT molecular complexity index is 669. The molecule has 5 nitrogen and oxygen atoms in total. The molecule has 0 saturated carbocycles. The number of hydrogen-bond acceptors (Lipinski definition) is 4. The van der Waals surface area contributed by atoms with Crippen LogP contribution in [-0.4, -0.2) is 37.0 Å². The Hall–Kier alpha value is -2.34. The number of furan rings is 1. The predicted octanol–water partition coefficient (Wildman–Crippen LogP) is 3.14. The van der Waals surface area contributed by atoms with E-state index in [-0.39, 0.29) is 24.4 Å². The van der Waals surface area contributed by atoms with Crippen molar-refractivity contribution in [3.05, 3.63) is 54.2 Å². The number of nitrogens with zero attached hydrogens (tertiary/aromatic N) is 1. The first-order chi connectivity index (χ1) is 12.2. The molecule has 1 saturated heterocycles. The summed E-state index contributed by atoms with van der Waals surface area (Å²) in [6.07, 6.45) is 5.22. The molecule has 1 N–H and O–H groups in total. The number of halogens is 1. The van der Waals surface area contributed by atoms with Crippen molar-refractivity contribution in [1.82, 2.24) is 10.2 Å². The minimum atomic E-state index is -0.388. The zero-order valence-corrected chi connectivity index (χ0v) is 14.1. The van der Waals surface area contributed by atoms with Gasteiger partial charge in [-0.2, -0.15) is 0 Å². The van der Waals surface area contributed by atoms with Crippen molar-refractivity contribution < 1.29 is 18.3 Å². The van der Waals surface area contributed by atoms with Gasteiger partial charge in [0.2, 0.25) is 0 Å². The molecule has 1 aliphatic rings. The normalized spacial score (nSPS) is 16.4. The quantitative estimate of drug-likeness (QED) is 0.837. The number of carbonyl (C=O) groups excluding carboxylic acids is 1. The number of piperidine rings is 1. The molecule has 134 valence electrons. The number of likely N-dealkylation sites (tertiary alicyclic amines) is 1. The third kappa shape index (κ3) is 5.06. The Morgan fingerprint density at radius 2 is 2.08 bits per heavy atom. The minimum Gasteiger partial charge on any atom is -0.484 e. The van der Waals surface area contributed by atoms with Crippen molar-refractivity contribution in [2.75, 3.05) is 26.2 Å². The van der Waals surface area contributed by atoms with Crippen LogP contribution < -0.4 is 10.1 Å². The van der Waals surface area contributed by atoms with E-state index in [9.17, 15) is 9.18 Å². The smallest absolute Gasteiger partial charge is 0.258 e. The van der Waals surface area contributed by atoms with Crippen LogP contribution in [0.3, 0.4) is 0 Å². The van der Waals surface area contributed by atoms with Crippen LogP contribution in [0.15, 0.2) is 47.1 Å². The zero-order chi connectivity index (χ0) is 17.5. The van der Waals surface area contributed by atoms with Crippen LogP contribution in [0, 0.1) is 5.82 Å². The summed E-state index contributed by atoms with van der Waals surface area (Å²) in [5.41, 5.74) is 0. The van der Waals surface area contributed by atoms with Crippen LogP contribution in [0.4, 0.5) is 4.39 Å². The summed E-state index contributed by atoms with van der Waals surface area (Å²) in [6, 6.07) is 9.58. The number of hydrogen-bond donors (Lipinski definition) is 1. The first kappa shape index (κ1) is 17.5. The van der Waals surface area contributed by atoms with Crippen molar-refractivity contribution in [3.8, 4) is 5.75 Å². The standard InChI is InChI=1S/C19H23FN2O3/c20-15-6-4-7-16(12-15)25-14-19(23)21-13-17(18-8-5-11-24-18)22-9-2-1-3-10-22/h4-8,11-12,17H,1-3,9-10,13-14H2,(H,21,23). The number of nitrogens with one attached hydrogen (secondary N) is 1. The van der Waals surface area contributed by atoms with Crippen molar-refractivity contribution in [3.63, 3.8) is 0 Å². The average Bonchev–Trinajstić information content (AvgIpc) is 3.15. The molecule has 0 radical (unpaired) electrons.